The van der Waals surface area contributed by atoms with E-state index in [1.54, 1.807) is 0 Å². The van der Waals surface area contributed by atoms with Gasteiger partial charge in [0.25, 0.3) is 0 Å². The van der Waals surface area contributed by atoms with E-state index in [0.29, 0.717) is 11.8 Å². The molecular formula is C34H36Cl6O8. The molecule has 262 valence electrons. The largest absolute Gasteiger partial charge is 0.461 e. The lowest BCUT2D eigenvalue weighted by atomic mass is 9.60. The van der Waals surface area contributed by atoms with Gasteiger partial charge in [-0.25, -0.2) is 19.2 Å². The van der Waals surface area contributed by atoms with Crippen LogP contribution < -0.4 is 9.47 Å². The van der Waals surface area contributed by atoms with Crippen molar-refractivity contribution in [3.8, 4) is 11.5 Å². The van der Waals surface area contributed by atoms with Crippen LogP contribution in [0.4, 0.5) is 0 Å². The van der Waals surface area contributed by atoms with E-state index in [-0.39, 0.29) is 54.2 Å². The second-order valence-electron chi connectivity index (χ2n) is 13.0. The fraction of sp³-hybridized carbons (Fsp3) is 0.529. The minimum absolute atomic E-state index is 0.0828. The van der Waals surface area contributed by atoms with Crippen LogP contribution in [0, 0.1) is 22.7 Å². The molecule has 2 aliphatic rings. The zero-order valence-electron chi connectivity index (χ0n) is 26.9. The Morgan fingerprint density at radius 3 is 1.29 bits per heavy atom. The lowest BCUT2D eigenvalue weighted by Crippen LogP contribution is -2.42. The van der Waals surface area contributed by atoms with Gasteiger partial charge in [-0.2, -0.15) is 0 Å². The van der Waals surface area contributed by atoms with E-state index in [2.05, 4.69) is 13.8 Å². The Morgan fingerprint density at radius 2 is 1.00 bits per heavy atom. The van der Waals surface area contributed by atoms with Crippen LogP contribution in [0.2, 0.25) is 30.1 Å². The summed E-state index contributed by atoms with van der Waals surface area (Å²) < 4.78 is 21.7. The van der Waals surface area contributed by atoms with Gasteiger partial charge in [-0.1, -0.05) is 123 Å². The lowest BCUT2D eigenvalue weighted by Gasteiger charge is -2.46. The number of halogens is 6. The maximum absolute atomic E-state index is 13.3. The number of benzene rings is 2. The molecule has 0 aromatic heterocycles. The Hall–Kier alpha value is -1.94. The highest BCUT2D eigenvalue weighted by Crippen LogP contribution is 2.50. The maximum Gasteiger partial charge on any atom is 0.423 e. The van der Waals surface area contributed by atoms with Crippen molar-refractivity contribution in [1.29, 1.82) is 0 Å². The minimum Gasteiger partial charge on any atom is -0.461 e. The fourth-order valence-corrected chi connectivity index (χ4v) is 7.78. The van der Waals surface area contributed by atoms with Crippen LogP contribution >= 0.6 is 69.6 Å². The normalized spacial score (nSPS) is 23.0. The molecule has 4 unspecified atom stereocenters. The maximum atomic E-state index is 13.3. The summed E-state index contributed by atoms with van der Waals surface area (Å²) in [6, 6.07) is 2.27. The molecule has 0 heterocycles. The van der Waals surface area contributed by atoms with E-state index in [4.69, 9.17) is 88.6 Å². The van der Waals surface area contributed by atoms with Crippen molar-refractivity contribution in [2.45, 2.75) is 79.1 Å². The van der Waals surface area contributed by atoms with Crippen molar-refractivity contribution in [2.75, 3.05) is 13.2 Å². The Balaban J connectivity index is 1.54. The number of esters is 4. The Morgan fingerprint density at radius 1 is 0.646 bits per heavy atom. The van der Waals surface area contributed by atoms with Gasteiger partial charge in [0.15, 0.2) is 11.5 Å². The summed E-state index contributed by atoms with van der Waals surface area (Å²) >= 11 is 37.7. The molecule has 2 fully saturated rings. The molecule has 0 spiro atoms. The number of carbonyl (C=O) groups excluding carboxylic acids is 4. The molecule has 4 rings (SSSR count). The van der Waals surface area contributed by atoms with Crippen molar-refractivity contribution in [3.63, 3.8) is 0 Å². The first-order valence-corrected chi connectivity index (χ1v) is 18.0. The van der Waals surface area contributed by atoms with Crippen LogP contribution in [0.5, 0.6) is 11.5 Å². The van der Waals surface area contributed by atoms with Gasteiger partial charge in [-0.15, -0.1) is 0 Å². The molecule has 0 amide bonds. The van der Waals surface area contributed by atoms with Crippen molar-refractivity contribution in [3.05, 3.63) is 53.4 Å². The Bertz CT molecular complexity index is 1500. The van der Waals surface area contributed by atoms with Crippen molar-refractivity contribution in [1.82, 2.24) is 0 Å². The van der Waals surface area contributed by atoms with Crippen LogP contribution in [0.25, 0.3) is 0 Å². The van der Waals surface area contributed by atoms with Gasteiger partial charge in [-0.3, -0.25) is 0 Å². The third-order valence-electron chi connectivity index (χ3n) is 9.66. The van der Waals surface area contributed by atoms with Crippen LogP contribution in [0.15, 0.2) is 12.1 Å². The van der Waals surface area contributed by atoms with Gasteiger partial charge in [0.05, 0.1) is 43.3 Å². The first-order chi connectivity index (χ1) is 22.6. The summed E-state index contributed by atoms with van der Waals surface area (Å²) in [5.74, 6) is -5.56. The average Bonchev–Trinajstić information content (AvgIpc) is 3.03. The van der Waals surface area contributed by atoms with E-state index < -0.39 is 46.5 Å². The van der Waals surface area contributed by atoms with Crippen LogP contribution in [0.1, 0.15) is 99.8 Å². The van der Waals surface area contributed by atoms with Crippen molar-refractivity contribution < 1.29 is 38.1 Å². The zero-order chi connectivity index (χ0) is 35.6. The molecule has 8 nitrogen and oxygen atoms in total. The first kappa shape index (κ1) is 38.9. The highest BCUT2D eigenvalue weighted by molar-refractivity contribution is 6.47. The van der Waals surface area contributed by atoms with Gasteiger partial charge in [-0.05, 0) is 49.7 Å². The quantitative estimate of drug-likeness (QED) is 0.0907. The van der Waals surface area contributed by atoms with E-state index in [1.807, 2.05) is 13.8 Å². The van der Waals surface area contributed by atoms with Gasteiger partial charge in [0.2, 0.25) is 0 Å². The molecule has 0 N–H and O–H groups in total. The van der Waals surface area contributed by atoms with Crippen molar-refractivity contribution >= 4 is 93.5 Å². The molecule has 2 saturated carbocycles. The standard InChI is InChI=1S/C34H36Cl6O8/c1-5-7-17-9-11-33(17,3)15-45-29(41)23-25(39)19(35)13-21(37)27(23)47-31(43)32(44)48-28-22(38)14-20(36)26(40)24(28)30(42)46-16-34(4)12-10-18(34)8-6-2/h13-14,17-18H,5-12,15-16H2,1-4H3. The van der Waals surface area contributed by atoms with Gasteiger partial charge >= 0.3 is 23.9 Å². The molecule has 14 heteroatoms. The predicted octanol–water partition coefficient (Wildman–Crippen LogP) is 10.9. The van der Waals surface area contributed by atoms with Gasteiger partial charge in [0.1, 0.15) is 11.1 Å². The SMILES string of the molecule is CCCC1CCC1(C)COC(=O)c1c(Cl)c(Cl)cc(Cl)c1OC(=O)C(=O)Oc1c(Cl)cc(Cl)c(Cl)c1C(=O)OCC1(C)CCC1CCC. The molecule has 4 atom stereocenters. The molecule has 2 aromatic rings. The lowest BCUT2D eigenvalue weighted by molar-refractivity contribution is -0.156. The minimum atomic E-state index is -1.64. The number of hydrogen-bond donors (Lipinski definition) is 0. The fourth-order valence-electron chi connectivity index (χ4n) is 6.34. The second kappa shape index (κ2) is 15.9. The topological polar surface area (TPSA) is 105 Å². The molecule has 0 radical (unpaired) electrons. The second-order valence-corrected chi connectivity index (χ2v) is 15.4. The van der Waals surface area contributed by atoms with Crippen LogP contribution in [0.3, 0.4) is 0 Å². The van der Waals surface area contributed by atoms with Crippen LogP contribution in [-0.4, -0.2) is 37.1 Å². The molecule has 0 saturated heterocycles. The Kier molecular flexibility index (Phi) is 12.9. The van der Waals surface area contributed by atoms with Crippen LogP contribution in [-0.2, 0) is 19.1 Å². The molecule has 2 aromatic carbocycles. The molecule has 0 bridgehead atoms. The number of rotatable bonds is 12. The number of hydrogen-bond acceptors (Lipinski definition) is 8. The summed E-state index contributed by atoms with van der Waals surface area (Å²) in [4.78, 5) is 52.8. The first-order valence-electron chi connectivity index (χ1n) is 15.7. The Labute approximate surface area is 309 Å². The third-order valence-corrected chi connectivity index (χ3v) is 11.8. The molecule has 2 aliphatic carbocycles. The zero-order valence-corrected chi connectivity index (χ0v) is 31.4. The summed E-state index contributed by atoms with van der Waals surface area (Å²) in [5.41, 5.74) is -1.36. The van der Waals surface area contributed by atoms with E-state index in [0.717, 1.165) is 63.5 Å². The summed E-state index contributed by atoms with van der Waals surface area (Å²) in [6.07, 6.45) is 7.76. The highest BCUT2D eigenvalue weighted by atomic mass is 35.5. The molecule has 48 heavy (non-hydrogen) atoms. The number of ether oxygens (including phenoxy) is 4. The van der Waals surface area contributed by atoms with Crippen molar-refractivity contribution in [2.24, 2.45) is 22.7 Å². The third kappa shape index (κ3) is 8.16. The van der Waals surface area contributed by atoms with E-state index in [9.17, 15) is 19.2 Å². The molecule has 0 aliphatic heterocycles. The monoisotopic (exact) mass is 782 g/mol. The average molecular weight is 785 g/mol. The van der Waals surface area contributed by atoms with Gasteiger partial charge < -0.3 is 18.9 Å². The summed E-state index contributed by atoms with van der Waals surface area (Å²) in [5, 5.41) is -1.44. The van der Waals surface area contributed by atoms with Gasteiger partial charge in [0, 0.05) is 10.8 Å². The summed E-state index contributed by atoms with van der Waals surface area (Å²) in [7, 11) is 0. The summed E-state index contributed by atoms with van der Waals surface area (Å²) in [6.45, 7) is 8.40. The highest BCUT2D eigenvalue weighted by Gasteiger charge is 2.44. The predicted molar refractivity (Wildman–Crippen MR) is 186 cm³/mol. The smallest absolute Gasteiger partial charge is 0.423 e. The van der Waals surface area contributed by atoms with E-state index in [1.165, 1.54) is 0 Å². The molecular weight excluding hydrogens is 749 g/mol. The van der Waals surface area contributed by atoms with E-state index >= 15 is 0 Å². The number of carbonyl (C=O) groups is 4.